The van der Waals surface area contributed by atoms with E-state index >= 15 is 0 Å². The number of hydrogen-bond donors (Lipinski definition) is 3. The fourth-order valence-corrected chi connectivity index (χ4v) is 3.41. The number of ketones is 1. The number of amides is 5. The van der Waals surface area contributed by atoms with Crippen LogP contribution < -0.4 is 132 Å². The minimum Gasteiger partial charge on any atom is -0.651 e. The Hall–Kier alpha value is -0.190. The van der Waals surface area contributed by atoms with Gasteiger partial charge in [-0.05, 0) is 31.7 Å². The Labute approximate surface area is 347 Å². The fourth-order valence-electron chi connectivity index (χ4n) is 3.41. The SMILES string of the molecule is CNC(=O)CCNC(=O)Cc1ccc([N-]C(=O)CC(=O)[N-]CCOCCCC(=O)NCCCCCC(C)=O)cc1.[HH].[Rb+].[Rb+]. The van der Waals surface area contributed by atoms with Crippen molar-refractivity contribution in [1.29, 1.82) is 0 Å². The number of Topliss-reactive ketones (excluding diaryl/α,β-unsaturated/α-hetero) is 1. The maximum Gasteiger partial charge on any atom is 1.00 e. The van der Waals surface area contributed by atoms with Crippen LogP contribution in [-0.4, -0.2) is 75.2 Å². The van der Waals surface area contributed by atoms with E-state index in [4.69, 9.17) is 4.74 Å². The van der Waals surface area contributed by atoms with Gasteiger partial charge in [0, 0.05) is 60.5 Å². The molecule has 0 bridgehead atoms. The number of ether oxygens (including phenoxy) is 1. The molecule has 1 aromatic rings. The van der Waals surface area contributed by atoms with Crippen molar-refractivity contribution in [2.24, 2.45) is 0 Å². The fraction of sp³-hybridized carbons (Fsp3) is 0.571. The van der Waals surface area contributed by atoms with E-state index in [2.05, 4.69) is 26.6 Å². The molecule has 0 aromatic heterocycles. The van der Waals surface area contributed by atoms with Gasteiger partial charge in [-0.1, -0.05) is 30.7 Å². The maximum absolute atomic E-state index is 12.0. The molecule has 1 aromatic carbocycles. The Balaban J connectivity index is -0.00000533. The van der Waals surface area contributed by atoms with Crippen LogP contribution in [0, 0.1) is 0 Å². The van der Waals surface area contributed by atoms with Gasteiger partial charge in [0.05, 0.1) is 18.2 Å². The third-order valence-electron chi connectivity index (χ3n) is 5.55. The van der Waals surface area contributed by atoms with Gasteiger partial charge in [-0.2, -0.15) is 0 Å². The van der Waals surface area contributed by atoms with Gasteiger partial charge in [-0.15, -0.1) is 12.2 Å². The van der Waals surface area contributed by atoms with Gasteiger partial charge >= 0.3 is 116 Å². The molecule has 3 N–H and O–H groups in total. The molecule has 0 unspecified atom stereocenters. The third-order valence-corrected chi connectivity index (χ3v) is 5.55. The Morgan fingerprint density at radius 3 is 2.12 bits per heavy atom. The van der Waals surface area contributed by atoms with Crippen LogP contribution in [0.1, 0.15) is 65.3 Å². The second kappa shape index (κ2) is 28.3. The number of nitrogens with zero attached hydrogens (tertiary/aromatic N) is 2. The first kappa shape index (κ1) is 43.9. The first-order valence-electron chi connectivity index (χ1n) is 13.5. The summed E-state index contributed by atoms with van der Waals surface area (Å²) in [6.45, 7) is 3.09. The van der Waals surface area contributed by atoms with Crippen LogP contribution in [0.2, 0.25) is 0 Å². The van der Waals surface area contributed by atoms with Crippen LogP contribution in [0.3, 0.4) is 0 Å². The molecule has 0 aliphatic heterocycles. The molecule has 12 nitrogen and oxygen atoms in total. The molecule has 0 atom stereocenters. The van der Waals surface area contributed by atoms with Gasteiger partial charge in [0.25, 0.3) is 0 Å². The Morgan fingerprint density at radius 2 is 1.45 bits per heavy atom. The van der Waals surface area contributed by atoms with Gasteiger partial charge in [-0.3, -0.25) is 14.4 Å². The summed E-state index contributed by atoms with van der Waals surface area (Å²) < 4.78 is 5.38. The molecule has 0 saturated heterocycles. The van der Waals surface area contributed by atoms with E-state index in [0.717, 1.165) is 19.3 Å². The molecular formula is C28H43N5O7Rb2. The second-order valence-electron chi connectivity index (χ2n) is 9.15. The van der Waals surface area contributed by atoms with E-state index in [0.29, 0.717) is 43.7 Å². The first-order chi connectivity index (χ1) is 19.2. The van der Waals surface area contributed by atoms with Crippen molar-refractivity contribution in [1.82, 2.24) is 16.0 Å². The van der Waals surface area contributed by atoms with Gasteiger partial charge in [-0.25, -0.2) is 0 Å². The predicted molar refractivity (Wildman–Crippen MR) is 152 cm³/mol. The summed E-state index contributed by atoms with van der Waals surface area (Å²) in [5.74, 6) is -1.47. The summed E-state index contributed by atoms with van der Waals surface area (Å²) in [4.78, 5) is 69.7. The standard InChI is InChI=1S/C28H43N5O7.2Rb.H2/c1-21(34)7-4-3-5-14-30-25(36)8-6-17-40-18-16-32-27(38)20-28(39)33-23-11-9-22(10-12-23)19-26(37)31-15-13-24(35)29-2;;;/h9-12H,3-8,13-20H2,1-2H3,(H5,29,30,31,32,33,35,36,37,38,39);;;1H/q;2*+1;/p-2. The van der Waals surface area contributed by atoms with Crippen molar-refractivity contribution in [2.75, 3.05) is 39.9 Å². The number of carbonyl (C=O) groups excluding carboxylic acids is 6. The monoisotopic (exact) mass is 731 g/mol. The second-order valence-corrected chi connectivity index (χ2v) is 9.15. The normalized spacial score (nSPS) is 9.86. The van der Waals surface area contributed by atoms with Crippen molar-refractivity contribution >= 4 is 41.0 Å². The molecule has 0 aliphatic rings. The Kier molecular flexibility index (Phi) is 29.6. The zero-order valence-corrected chi connectivity index (χ0v) is 35.3. The quantitative estimate of drug-likeness (QED) is 0.0874. The van der Waals surface area contributed by atoms with E-state index in [9.17, 15) is 28.8 Å². The average Bonchev–Trinajstić information content (AvgIpc) is 2.90. The number of nitrogens with one attached hydrogen (secondary N) is 3. The predicted octanol–water partition coefficient (Wildman–Crippen LogP) is -3.38. The van der Waals surface area contributed by atoms with Gasteiger partial charge < -0.3 is 45.7 Å². The smallest absolute Gasteiger partial charge is 0.651 e. The molecule has 0 spiro atoms. The first-order valence-corrected chi connectivity index (χ1v) is 13.5. The van der Waals surface area contributed by atoms with Crippen molar-refractivity contribution in [3.05, 3.63) is 40.5 Å². The van der Waals surface area contributed by atoms with Crippen LogP contribution >= 0.6 is 0 Å². The van der Waals surface area contributed by atoms with Crippen LogP contribution in [0.15, 0.2) is 24.3 Å². The van der Waals surface area contributed by atoms with Gasteiger partial charge in [0.1, 0.15) is 5.78 Å². The number of rotatable bonds is 21. The molecule has 0 heterocycles. The van der Waals surface area contributed by atoms with E-state index in [1.165, 1.54) is 7.05 Å². The summed E-state index contributed by atoms with van der Waals surface area (Å²) in [5.41, 5.74) is 1.08. The maximum atomic E-state index is 12.0. The number of unbranched alkanes of at least 4 members (excludes halogenated alkanes) is 2. The number of hydrogen-bond acceptors (Lipinski definition) is 7. The molecule has 42 heavy (non-hydrogen) atoms. The minimum atomic E-state index is -0.626. The third kappa shape index (κ3) is 25.2. The topological polar surface area (TPSA) is 176 Å². The largest absolute Gasteiger partial charge is 1.00 e. The molecular weight excluding hydrogens is 689 g/mol. The average molecular weight is 733 g/mol. The van der Waals surface area contributed by atoms with Crippen LogP contribution in [0.4, 0.5) is 5.69 Å². The van der Waals surface area contributed by atoms with E-state index in [1.54, 1.807) is 31.2 Å². The molecule has 5 amide bonds. The van der Waals surface area contributed by atoms with Crippen molar-refractivity contribution in [3.63, 3.8) is 0 Å². The van der Waals surface area contributed by atoms with Crippen LogP contribution in [-0.2, 0) is 39.9 Å². The summed E-state index contributed by atoms with van der Waals surface area (Å²) in [6, 6.07) is 6.49. The van der Waals surface area contributed by atoms with E-state index in [-0.39, 0.29) is 174 Å². The van der Waals surface area contributed by atoms with Crippen LogP contribution in [0.25, 0.3) is 10.6 Å². The van der Waals surface area contributed by atoms with E-state index in [1.807, 2.05) is 0 Å². The van der Waals surface area contributed by atoms with E-state index < -0.39 is 18.2 Å². The molecule has 0 radical (unpaired) electrons. The molecule has 0 saturated carbocycles. The minimum absolute atomic E-state index is 0. The number of benzene rings is 1. The summed E-state index contributed by atoms with van der Waals surface area (Å²) in [5, 5.41) is 15.6. The summed E-state index contributed by atoms with van der Waals surface area (Å²) in [7, 11) is 1.53. The Morgan fingerprint density at radius 1 is 0.762 bits per heavy atom. The van der Waals surface area contributed by atoms with Crippen molar-refractivity contribution in [3.8, 4) is 0 Å². The summed E-state index contributed by atoms with van der Waals surface area (Å²) in [6.07, 6.45) is 3.93. The molecule has 14 heteroatoms. The molecule has 0 aliphatic carbocycles. The van der Waals surface area contributed by atoms with Crippen molar-refractivity contribution in [2.45, 2.75) is 64.7 Å². The van der Waals surface area contributed by atoms with Gasteiger partial charge in [0.15, 0.2) is 0 Å². The number of carbonyl (C=O) groups is 6. The van der Waals surface area contributed by atoms with Crippen LogP contribution in [0.5, 0.6) is 0 Å². The zero-order chi connectivity index (χ0) is 29.6. The molecule has 1 rings (SSSR count). The Bertz CT molecular complexity index is 985. The van der Waals surface area contributed by atoms with Gasteiger partial charge in [0.2, 0.25) is 17.7 Å². The molecule has 0 fully saturated rings. The summed E-state index contributed by atoms with van der Waals surface area (Å²) >= 11 is 0. The molecule has 224 valence electrons. The van der Waals surface area contributed by atoms with Crippen molar-refractivity contribution < 1.29 is 151 Å². The zero-order valence-electron chi connectivity index (χ0n) is 25.5.